The Morgan fingerprint density at radius 2 is 1.96 bits per heavy atom. The molecular formula is C19H19ClF2N2O3S. The quantitative estimate of drug-likeness (QED) is 0.585. The van der Waals surface area contributed by atoms with E-state index in [0.717, 1.165) is 6.26 Å². The molecule has 0 saturated carbocycles. The van der Waals surface area contributed by atoms with Crippen LogP contribution in [0.25, 0.3) is 11.1 Å². The summed E-state index contributed by atoms with van der Waals surface area (Å²) in [6.45, 7) is 0.269. The largest absolute Gasteiger partial charge is 0.324 e. The Morgan fingerprint density at radius 3 is 2.61 bits per heavy atom. The van der Waals surface area contributed by atoms with E-state index in [1.807, 2.05) is 0 Å². The van der Waals surface area contributed by atoms with E-state index in [0.29, 0.717) is 12.0 Å². The maximum Gasteiger partial charge on any atom is 0.316 e. The van der Waals surface area contributed by atoms with Gasteiger partial charge >= 0.3 is 5.37 Å². The number of carbonyl (C=O) groups is 1. The fourth-order valence-electron chi connectivity index (χ4n) is 3.58. The van der Waals surface area contributed by atoms with Crippen molar-refractivity contribution < 1.29 is 22.0 Å². The van der Waals surface area contributed by atoms with Crippen molar-refractivity contribution in [2.24, 2.45) is 0 Å². The number of benzene rings is 2. The molecule has 2 aromatic rings. The van der Waals surface area contributed by atoms with E-state index in [-0.39, 0.29) is 24.1 Å². The van der Waals surface area contributed by atoms with Crippen LogP contribution in [0.2, 0.25) is 0 Å². The summed E-state index contributed by atoms with van der Waals surface area (Å²) < 4.78 is 54.4. The number of nitrogens with zero attached hydrogens (tertiary/aromatic N) is 1. The smallest absolute Gasteiger partial charge is 0.316 e. The zero-order chi connectivity index (χ0) is 20.5. The minimum atomic E-state index is -3.51. The number of amides is 1. The van der Waals surface area contributed by atoms with Crippen molar-refractivity contribution in [1.82, 2.24) is 9.62 Å². The van der Waals surface area contributed by atoms with Crippen LogP contribution in [0.3, 0.4) is 0 Å². The number of hydrogen-bond donors (Lipinski definition) is 1. The minimum absolute atomic E-state index is 0.0701. The minimum Gasteiger partial charge on any atom is -0.324 e. The van der Waals surface area contributed by atoms with Crippen molar-refractivity contribution in [3.05, 3.63) is 59.7 Å². The molecule has 1 aliphatic rings. The molecule has 1 N–H and O–H groups in total. The molecule has 1 fully saturated rings. The zero-order valence-corrected chi connectivity index (χ0v) is 16.6. The number of nitrogens with one attached hydrogen (secondary N) is 1. The lowest BCUT2D eigenvalue weighted by molar-refractivity contribution is 0.212. The summed E-state index contributed by atoms with van der Waals surface area (Å²) in [4.78, 5) is 13.1. The highest BCUT2D eigenvalue weighted by atomic mass is 35.5. The van der Waals surface area contributed by atoms with E-state index in [9.17, 15) is 17.6 Å². The van der Waals surface area contributed by atoms with Gasteiger partial charge in [-0.15, -0.1) is 0 Å². The number of hydrogen-bond acceptors (Lipinski definition) is 3. The normalized spacial score (nSPS) is 19.8. The number of sulfonamides is 1. The van der Waals surface area contributed by atoms with E-state index in [2.05, 4.69) is 4.72 Å². The zero-order valence-electron chi connectivity index (χ0n) is 15.0. The van der Waals surface area contributed by atoms with Crippen LogP contribution in [0.4, 0.5) is 13.6 Å². The summed E-state index contributed by atoms with van der Waals surface area (Å²) in [5, 5.41) is -0.718. The predicted octanol–water partition coefficient (Wildman–Crippen LogP) is 3.53. The molecule has 2 atom stereocenters. The van der Waals surface area contributed by atoms with Gasteiger partial charge in [0.05, 0.1) is 12.3 Å². The Hall–Kier alpha value is -2.03. The van der Waals surface area contributed by atoms with Crippen molar-refractivity contribution in [3.63, 3.8) is 0 Å². The van der Waals surface area contributed by atoms with Gasteiger partial charge in [-0.25, -0.2) is 21.9 Å². The van der Waals surface area contributed by atoms with Crippen LogP contribution < -0.4 is 4.72 Å². The van der Waals surface area contributed by atoms with E-state index in [1.165, 1.54) is 23.1 Å². The van der Waals surface area contributed by atoms with Crippen molar-refractivity contribution in [3.8, 4) is 11.1 Å². The summed E-state index contributed by atoms with van der Waals surface area (Å²) in [6.07, 6.45) is 1.47. The lowest BCUT2D eigenvalue weighted by atomic mass is 9.96. The fourth-order valence-corrected chi connectivity index (χ4v) is 4.61. The Labute approximate surface area is 167 Å². The van der Waals surface area contributed by atoms with Crippen molar-refractivity contribution in [1.29, 1.82) is 0 Å². The van der Waals surface area contributed by atoms with Gasteiger partial charge in [0.15, 0.2) is 0 Å². The number of carbonyl (C=O) groups excluding carboxylic acids is 1. The van der Waals surface area contributed by atoms with Gasteiger partial charge in [0, 0.05) is 18.2 Å². The molecule has 0 aliphatic carbocycles. The molecule has 0 aromatic heterocycles. The predicted molar refractivity (Wildman–Crippen MR) is 104 cm³/mol. The van der Waals surface area contributed by atoms with Crippen LogP contribution >= 0.6 is 11.6 Å². The second-order valence-corrected chi connectivity index (χ2v) is 8.90. The average Bonchev–Trinajstić information content (AvgIpc) is 2.97. The van der Waals surface area contributed by atoms with E-state index in [1.54, 1.807) is 24.3 Å². The molecule has 9 heteroatoms. The van der Waals surface area contributed by atoms with Crippen LogP contribution in [0.15, 0.2) is 42.5 Å². The van der Waals surface area contributed by atoms with Crippen LogP contribution in [0.5, 0.6) is 0 Å². The van der Waals surface area contributed by atoms with Crippen LogP contribution in [-0.2, 0) is 16.4 Å². The van der Waals surface area contributed by atoms with Crippen LogP contribution in [0.1, 0.15) is 12.0 Å². The number of likely N-dealkylation sites (tertiary alicyclic amines) is 1. The van der Waals surface area contributed by atoms with E-state index >= 15 is 4.39 Å². The summed E-state index contributed by atoms with van der Waals surface area (Å²) in [6, 6.07) is 9.14. The molecule has 1 saturated heterocycles. The maximum absolute atomic E-state index is 15.1. The Morgan fingerprint density at radius 1 is 1.25 bits per heavy atom. The molecule has 0 unspecified atom stereocenters. The van der Waals surface area contributed by atoms with Gasteiger partial charge in [0.25, 0.3) is 0 Å². The highest BCUT2D eigenvalue weighted by Gasteiger charge is 2.38. The first-order valence-electron chi connectivity index (χ1n) is 8.62. The molecular weight excluding hydrogens is 410 g/mol. The SMILES string of the molecule is CS(=O)(=O)N[C@H]1CCN(C(=O)Cl)[C@H]1Cc1cccc(-c2cccc(F)c2)c1F. The first-order valence-corrected chi connectivity index (χ1v) is 10.9. The molecule has 0 spiro atoms. The van der Waals surface area contributed by atoms with Gasteiger partial charge < -0.3 is 4.90 Å². The maximum atomic E-state index is 15.1. The summed E-state index contributed by atoms with van der Waals surface area (Å²) >= 11 is 5.64. The van der Waals surface area contributed by atoms with Crippen molar-refractivity contribution in [2.45, 2.75) is 24.9 Å². The third kappa shape index (κ3) is 4.68. The molecule has 1 aliphatic heterocycles. The van der Waals surface area contributed by atoms with Gasteiger partial charge in [-0.05, 0) is 47.7 Å². The summed E-state index contributed by atoms with van der Waals surface area (Å²) in [5.74, 6) is -1.02. The molecule has 150 valence electrons. The third-order valence-corrected chi connectivity index (χ3v) is 5.73. The highest BCUT2D eigenvalue weighted by Crippen LogP contribution is 2.29. The first kappa shape index (κ1) is 20.7. The molecule has 1 amide bonds. The highest BCUT2D eigenvalue weighted by molar-refractivity contribution is 7.88. The Kier molecular flexibility index (Phi) is 6.02. The lowest BCUT2D eigenvalue weighted by Gasteiger charge is -2.27. The summed E-state index contributed by atoms with van der Waals surface area (Å²) in [7, 11) is -3.51. The molecule has 0 radical (unpaired) electrons. The monoisotopic (exact) mass is 428 g/mol. The number of halogens is 3. The van der Waals surface area contributed by atoms with Gasteiger partial charge in [0.2, 0.25) is 10.0 Å². The summed E-state index contributed by atoms with van der Waals surface area (Å²) in [5.41, 5.74) is 0.908. The van der Waals surface area contributed by atoms with Crippen molar-refractivity contribution in [2.75, 3.05) is 12.8 Å². The second kappa shape index (κ2) is 8.14. The molecule has 2 aromatic carbocycles. The second-order valence-electron chi connectivity index (χ2n) is 6.79. The standard InChI is InChI=1S/C19H19ClF2N2O3S/c1-28(26,27)23-16-8-9-24(19(20)25)17(16)11-13-5-3-7-15(18(13)22)12-4-2-6-14(21)10-12/h2-7,10,16-17,23H,8-9,11H2,1H3/t16-,17-/m0/s1. The number of rotatable bonds is 5. The van der Waals surface area contributed by atoms with E-state index in [4.69, 9.17) is 11.6 Å². The van der Waals surface area contributed by atoms with Crippen molar-refractivity contribution >= 4 is 27.0 Å². The fraction of sp³-hybridized carbons (Fsp3) is 0.316. The topological polar surface area (TPSA) is 66.5 Å². The van der Waals surface area contributed by atoms with Gasteiger partial charge in [-0.2, -0.15) is 0 Å². The van der Waals surface area contributed by atoms with E-state index < -0.39 is 39.1 Å². The van der Waals surface area contributed by atoms with Crippen LogP contribution in [-0.4, -0.2) is 43.6 Å². The molecule has 0 bridgehead atoms. The van der Waals surface area contributed by atoms with Crippen LogP contribution in [0, 0.1) is 11.6 Å². The third-order valence-electron chi connectivity index (χ3n) is 4.78. The molecule has 1 heterocycles. The average molecular weight is 429 g/mol. The van der Waals surface area contributed by atoms with Gasteiger partial charge in [-0.1, -0.05) is 30.3 Å². The Balaban J connectivity index is 1.94. The van der Waals surface area contributed by atoms with Gasteiger partial charge in [-0.3, -0.25) is 4.79 Å². The molecule has 5 nitrogen and oxygen atoms in total. The Bertz CT molecular complexity index is 1000. The first-order chi connectivity index (χ1) is 13.2. The lowest BCUT2D eigenvalue weighted by Crippen LogP contribution is -2.46. The van der Waals surface area contributed by atoms with Gasteiger partial charge in [0.1, 0.15) is 11.6 Å². The molecule has 3 rings (SSSR count). The molecule has 28 heavy (non-hydrogen) atoms.